The molecule has 26 heavy (non-hydrogen) atoms. The molecule has 1 N–H and O–H groups in total. The number of hydrogen-bond donors (Lipinski definition) is 1. The quantitative estimate of drug-likeness (QED) is 0.859. The van der Waals surface area contributed by atoms with E-state index in [0.29, 0.717) is 31.5 Å². The minimum absolute atomic E-state index is 0.0165. The topological polar surface area (TPSA) is 49.4 Å². The first-order valence-electron chi connectivity index (χ1n) is 8.70. The Bertz CT molecular complexity index is 779. The van der Waals surface area contributed by atoms with Crippen LogP contribution in [0.4, 0.5) is 4.39 Å². The molecule has 134 valence electrons. The first-order valence-corrected chi connectivity index (χ1v) is 8.70. The first-order chi connectivity index (χ1) is 12.6. The molecule has 1 heterocycles. The van der Waals surface area contributed by atoms with E-state index in [4.69, 9.17) is 0 Å². The third-order valence-corrected chi connectivity index (χ3v) is 4.47. The highest BCUT2D eigenvalue weighted by Gasteiger charge is 2.23. The second kappa shape index (κ2) is 8.43. The molecule has 0 radical (unpaired) electrons. The van der Waals surface area contributed by atoms with Gasteiger partial charge in [-0.2, -0.15) is 0 Å². The number of nitrogens with one attached hydrogen (secondary N) is 1. The molecule has 1 aliphatic rings. The van der Waals surface area contributed by atoms with Crippen LogP contribution in [0, 0.1) is 5.82 Å². The van der Waals surface area contributed by atoms with Gasteiger partial charge >= 0.3 is 0 Å². The number of benzene rings is 2. The Morgan fingerprint density at radius 1 is 1.00 bits per heavy atom. The van der Waals surface area contributed by atoms with Gasteiger partial charge in [0.2, 0.25) is 5.91 Å². The van der Waals surface area contributed by atoms with Gasteiger partial charge in [-0.25, -0.2) is 4.39 Å². The summed E-state index contributed by atoms with van der Waals surface area (Å²) < 4.78 is 12.9. The maximum Gasteiger partial charge on any atom is 0.251 e. The molecule has 3 rings (SSSR count). The number of likely N-dealkylation sites (tertiary alicyclic amines) is 1. The lowest BCUT2D eigenvalue weighted by atomic mass is 10.0. The Kier molecular flexibility index (Phi) is 5.79. The van der Waals surface area contributed by atoms with Gasteiger partial charge in [0, 0.05) is 30.8 Å². The molecule has 2 aromatic carbocycles. The zero-order valence-corrected chi connectivity index (χ0v) is 14.4. The Balaban J connectivity index is 1.48. The molecule has 0 aliphatic carbocycles. The van der Waals surface area contributed by atoms with Crippen LogP contribution in [0.1, 0.15) is 28.8 Å². The smallest absolute Gasteiger partial charge is 0.251 e. The Morgan fingerprint density at radius 2 is 1.65 bits per heavy atom. The third kappa shape index (κ3) is 4.79. The van der Waals surface area contributed by atoms with Crippen LogP contribution >= 0.6 is 0 Å². The second-order valence-corrected chi connectivity index (χ2v) is 6.32. The lowest BCUT2D eigenvalue weighted by Crippen LogP contribution is -2.46. The van der Waals surface area contributed by atoms with Gasteiger partial charge in [0.1, 0.15) is 5.82 Å². The van der Waals surface area contributed by atoms with Crippen molar-refractivity contribution in [3.05, 3.63) is 77.6 Å². The van der Waals surface area contributed by atoms with Gasteiger partial charge in [0.25, 0.3) is 5.91 Å². The van der Waals surface area contributed by atoms with Crippen LogP contribution in [0.5, 0.6) is 0 Å². The van der Waals surface area contributed by atoms with E-state index in [9.17, 15) is 14.0 Å². The summed E-state index contributed by atoms with van der Waals surface area (Å²) in [5.41, 5.74) is 1.43. The van der Waals surface area contributed by atoms with Crippen LogP contribution in [0.3, 0.4) is 0 Å². The molecule has 2 aromatic rings. The minimum Gasteiger partial charge on any atom is -0.349 e. The minimum atomic E-state index is -0.364. The molecule has 5 heteroatoms. The number of carbonyl (C=O) groups is 2. The van der Waals surface area contributed by atoms with Crippen molar-refractivity contribution in [2.24, 2.45) is 0 Å². The predicted octanol–water partition coefficient (Wildman–Crippen LogP) is 3.26. The number of piperidine rings is 1. The van der Waals surface area contributed by atoms with Crippen LogP contribution in [0.25, 0.3) is 6.08 Å². The summed E-state index contributed by atoms with van der Waals surface area (Å²) in [4.78, 5) is 26.2. The molecule has 0 bridgehead atoms. The van der Waals surface area contributed by atoms with Crippen LogP contribution < -0.4 is 5.32 Å². The van der Waals surface area contributed by atoms with Crippen LogP contribution in [0.15, 0.2) is 60.7 Å². The predicted molar refractivity (Wildman–Crippen MR) is 98.9 cm³/mol. The third-order valence-electron chi connectivity index (χ3n) is 4.47. The number of rotatable bonds is 4. The summed E-state index contributed by atoms with van der Waals surface area (Å²) in [5.74, 6) is -0.590. The fourth-order valence-corrected chi connectivity index (χ4v) is 2.95. The normalized spacial score (nSPS) is 15.2. The molecule has 4 nitrogen and oxygen atoms in total. The van der Waals surface area contributed by atoms with E-state index in [1.54, 1.807) is 11.0 Å². The van der Waals surface area contributed by atoms with Gasteiger partial charge in [-0.05, 0) is 48.7 Å². The highest BCUT2D eigenvalue weighted by atomic mass is 19.1. The number of amides is 2. The lowest BCUT2D eigenvalue weighted by molar-refractivity contribution is -0.126. The maximum absolute atomic E-state index is 12.9. The summed E-state index contributed by atoms with van der Waals surface area (Å²) in [6.07, 6.45) is 4.81. The van der Waals surface area contributed by atoms with E-state index >= 15 is 0 Å². The van der Waals surface area contributed by atoms with E-state index in [2.05, 4.69) is 5.32 Å². The van der Waals surface area contributed by atoms with Gasteiger partial charge in [0.15, 0.2) is 0 Å². The standard InChI is InChI=1S/C21H21FN2O2/c22-18-9-7-17(8-10-18)21(26)23-19-12-14-24(15-13-19)20(25)11-6-16-4-2-1-3-5-16/h1-11,19H,12-15H2,(H,23,26)/b11-6+. The summed E-state index contributed by atoms with van der Waals surface area (Å²) >= 11 is 0. The van der Waals surface area contributed by atoms with Crippen molar-refractivity contribution in [2.45, 2.75) is 18.9 Å². The van der Waals surface area contributed by atoms with E-state index in [1.807, 2.05) is 36.4 Å². The Labute approximate surface area is 152 Å². The highest BCUT2D eigenvalue weighted by molar-refractivity contribution is 5.94. The molecule has 0 aromatic heterocycles. The first kappa shape index (κ1) is 17.9. The van der Waals surface area contributed by atoms with Gasteiger partial charge in [-0.1, -0.05) is 30.3 Å². The van der Waals surface area contributed by atoms with Gasteiger partial charge < -0.3 is 10.2 Å². The molecule has 0 unspecified atom stereocenters. The van der Waals surface area contributed by atoms with E-state index < -0.39 is 0 Å². The number of carbonyl (C=O) groups excluding carboxylic acids is 2. The lowest BCUT2D eigenvalue weighted by Gasteiger charge is -2.31. The molecule has 1 fully saturated rings. The van der Waals surface area contributed by atoms with Crippen molar-refractivity contribution in [1.29, 1.82) is 0 Å². The number of nitrogens with zero attached hydrogens (tertiary/aromatic N) is 1. The van der Waals surface area contributed by atoms with Crippen molar-refractivity contribution in [3.63, 3.8) is 0 Å². The zero-order valence-electron chi connectivity index (χ0n) is 14.4. The molecule has 1 saturated heterocycles. The zero-order chi connectivity index (χ0) is 18.4. The van der Waals surface area contributed by atoms with E-state index in [1.165, 1.54) is 24.3 Å². The average molecular weight is 352 g/mol. The van der Waals surface area contributed by atoms with E-state index in [0.717, 1.165) is 5.56 Å². The molecule has 2 amide bonds. The Hall–Kier alpha value is -2.95. The summed E-state index contributed by atoms with van der Waals surface area (Å²) in [6, 6.07) is 15.2. The maximum atomic E-state index is 12.9. The number of halogens is 1. The molecular formula is C21H21FN2O2. The SMILES string of the molecule is O=C(NC1CCN(C(=O)/C=C/c2ccccc2)CC1)c1ccc(F)cc1. The fraction of sp³-hybridized carbons (Fsp3) is 0.238. The summed E-state index contributed by atoms with van der Waals surface area (Å²) in [5, 5.41) is 2.95. The van der Waals surface area contributed by atoms with E-state index in [-0.39, 0.29) is 23.7 Å². The van der Waals surface area contributed by atoms with Gasteiger partial charge in [-0.3, -0.25) is 9.59 Å². The fourth-order valence-electron chi connectivity index (χ4n) is 2.95. The second-order valence-electron chi connectivity index (χ2n) is 6.32. The van der Waals surface area contributed by atoms with Crippen molar-refractivity contribution in [2.75, 3.05) is 13.1 Å². The molecule has 1 aliphatic heterocycles. The molecular weight excluding hydrogens is 331 g/mol. The average Bonchev–Trinajstić information content (AvgIpc) is 2.68. The monoisotopic (exact) mass is 352 g/mol. The largest absolute Gasteiger partial charge is 0.349 e. The molecule has 0 spiro atoms. The Morgan fingerprint density at radius 3 is 2.31 bits per heavy atom. The van der Waals surface area contributed by atoms with Crippen molar-refractivity contribution >= 4 is 17.9 Å². The van der Waals surface area contributed by atoms with Gasteiger partial charge in [-0.15, -0.1) is 0 Å². The molecule has 0 saturated carbocycles. The van der Waals surface area contributed by atoms with Crippen molar-refractivity contribution in [3.8, 4) is 0 Å². The van der Waals surface area contributed by atoms with Crippen molar-refractivity contribution < 1.29 is 14.0 Å². The van der Waals surface area contributed by atoms with Crippen LogP contribution in [-0.4, -0.2) is 35.8 Å². The van der Waals surface area contributed by atoms with Gasteiger partial charge in [0.05, 0.1) is 0 Å². The molecule has 0 atom stereocenters. The van der Waals surface area contributed by atoms with Crippen LogP contribution in [-0.2, 0) is 4.79 Å². The summed E-state index contributed by atoms with van der Waals surface area (Å²) in [6.45, 7) is 1.21. The number of hydrogen-bond acceptors (Lipinski definition) is 2. The van der Waals surface area contributed by atoms with Crippen molar-refractivity contribution in [1.82, 2.24) is 10.2 Å². The highest BCUT2D eigenvalue weighted by Crippen LogP contribution is 2.13. The summed E-state index contributed by atoms with van der Waals surface area (Å²) in [7, 11) is 0. The van der Waals surface area contributed by atoms with Crippen LogP contribution in [0.2, 0.25) is 0 Å².